The molecule has 0 bridgehead atoms. The Hall–Kier alpha value is -1.32. The number of carbonyl (C=O) groups is 1. The molecule has 0 saturated carbocycles. The van der Waals surface area contributed by atoms with Crippen LogP contribution in [-0.2, 0) is 10.3 Å². The Morgan fingerprint density at radius 2 is 1.88 bits per heavy atom. The molecule has 1 unspecified atom stereocenters. The third-order valence-electron chi connectivity index (χ3n) is 2.79. The van der Waals surface area contributed by atoms with Gasteiger partial charge in [0.2, 0.25) is 0 Å². The maximum absolute atomic E-state index is 11.0. The number of aliphatic carboxylic acids is 1. The van der Waals surface area contributed by atoms with Crippen molar-refractivity contribution in [3.8, 4) is 0 Å². The van der Waals surface area contributed by atoms with Crippen LogP contribution >= 0.6 is 0 Å². The number of carboxylic acid groups (broad SMARTS) is 1. The number of aryl methyl sites for hydroxylation is 1. The number of aromatic nitrogens is 2. The topological polar surface area (TPSA) is 55.1 Å². The molecule has 4 nitrogen and oxygen atoms in total. The summed E-state index contributed by atoms with van der Waals surface area (Å²) < 4.78 is 1.90. The lowest BCUT2D eigenvalue weighted by molar-refractivity contribution is -0.138. The summed E-state index contributed by atoms with van der Waals surface area (Å²) in [5.41, 5.74) is 2.47. The van der Waals surface area contributed by atoms with Gasteiger partial charge in [0, 0.05) is 11.3 Å². The van der Waals surface area contributed by atoms with Crippen LogP contribution in [0.25, 0.3) is 0 Å². The van der Waals surface area contributed by atoms with Crippen molar-refractivity contribution < 1.29 is 9.90 Å². The van der Waals surface area contributed by atoms with E-state index in [2.05, 4.69) is 25.9 Å². The lowest BCUT2D eigenvalue weighted by Crippen LogP contribution is -2.24. The molecule has 1 heterocycles. The highest BCUT2D eigenvalue weighted by atomic mass is 16.4. The van der Waals surface area contributed by atoms with Gasteiger partial charge in [0.15, 0.2) is 0 Å². The zero-order valence-electron chi connectivity index (χ0n) is 10.8. The Morgan fingerprint density at radius 3 is 2.19 bits per heavy atom. The molecule has 1 aromatic rings. The highest BCUT2D eigenvalue weighted by Crippen LogP contribution is 2.27. The fraction of sp³-hybridized carbons (Fsp3) is 0.667. The van der Waals surface area contributed by atoms with Gasteiger partial charge in [-0.3, -0.25) is 9.48 Å². The first kappa shape index (κ1) is 12.7. The maximum atomic E-state index is 11.0. The molecule has 1 N–H and O–H groups in total. The summed E-state index contributed by atoms with van der Waals surface area (Å²) >= 11 is 0. The quantitative estimate of drug-likeness (QED) is 0.839. The summed E-state index contributed by atoms with van der Waals surface area (Å²) in [6.07, 6.45) is 0. The van der Waals surface area contributed by atoms with E-state index in [4.69, 9.17) is 5.11 Å². The van der Waals surface area contributed by atoms with E-state index in [1.165, 1.54) is 0 Å². The van der Waals surface area contributed by atoms with Gasteiger partial charge in [0.05, 0.1) is 17.2 Å². The highest BCUT2D eigenvalue weighted by molar-refractivity contribution is 5.76. The molecule has 0 aliphatic rings. The standard InChI is InChI=1S/C12H20N2O2/c1-7(11(15)16)10-8(2)13-14(9(10)3)12(4,5)6/h7H,1-6H3,(H,15,16). The summed E-state index contributed by atoms with van der Waals surface area (Å²) in [6, 6.07) is 0. The molecule has 1 atom stereocenters. The molecule has 1 rings (SSSR count). The van der Waals surface area contributed by atoms with E-state index in [-0.39, 0.29) is 5.54 Å². The van der Waals surface area contributed by atoms with Crippen LogP contribution in [0.4, 0.5) is 0 Å². The molecule has 0 amide bonds. The second-order valence-electron chi connectivity index (χ2n) is 5.23. The molecular formula is C12H20N2O2. The van der Waals surface area contributed by atoms with Crippen molar-refractivity contribution in [1.29, 1.82) is 0 Å². The number of rotatable bonds is 2. The Kier molecular flexibility index (Phi) is 3.13. The van der Waals surface area contributed by atoms with Crippen LogP contribution in [0.1, 0.15) is 50.6 Å². The van der Waals surface area contributed by atoms with Crippen molar-refractivity contribution in [2.75, 3.05) is 0 Å². The highest BCUT2D eigenvalue weighted by Gasteiger charge is 2.26. The minimum absolute atomic E-state index is 0.120. The largest absolute Gasteiger partial charge is 0.481 e. The van der Waals surface area contributed by atoms with Gasteiger partial charge in [0.1, 0.15) is 0 Å². The minimum atomic E-state index is -0.806. The molecule has 0 aliphatic carbocycles. The third kappa shape index (κ3) is 2.10. The molecule has 1 aromatic heterocycles. The molecule has 0 aromatic carbocycles. The minimum Gasteiger partial charge on any atom is -0.481 e. The van der Waals surface area contributed by atoms with Gasteiger partial charge in [-0.25, -0.2) is 0 Å². The SMILES string of the molecule is Cc1nn(C(C)(C)C)c(C)c1C(C)C(=O)O. The molecule has 0 fully saturated rings. The van der Waals surface area contributed by atoms with Crippen LogP contribution in [0.3, 0.4) is 0 Å². The normalized spacial score (nSPS) is 13.9. The Labute approximate surface area is 96.3 Å². The molecule has 0 aliphatic heterocycles. The Morgan fingerprint density at radius 1 is 1.38 bits per heavy atom. The molecule has 90 valence electrons. The van der Waals surface area contributed by atoms with E-state index in [1.807, 2.05) is 18.5 Å². The van der Waals surface area contributed by atoms with Crippen molar-refractivity contribution >= 4 is 5.97 Å². The Bertz CT molecular complexity index is 413. The summed E-state index contributed by atoms with van der Waals surface area (Å²) in [4.78, 5) is 11.0. The molecular weight excluding hydrogens is 204 g/mol. The van der Waals surface area contributed by atoms with Gasteiger partial charge < -0.3 is 5.11 Å². The molecule has 0 radical (unpaired) electrons. The molecule has 16 heavy (non-hydrogen) atoms. The van der Waals surface area contributed by atoms with E-state index in [0.29, 0.717) is 0 Å². The van der Waals surface area contributed by atoms with Gasteiger partial charge in [-0.15, -0.1) is 0 Å². The average molecular weight is 224 g/mol. The maximum Gasteiger partial charge on any atom is 0.310 e. The van der Waals surface area contributed by atoms with Crippen LogP contribution in [0, 0.1) is 13.8 Å². The van der Waals surface area contributed by atoms with Crippen molar-refractivity contribution in [2.45, 2.75) is 53.0 Å². The number of hydrogen-bond acceptors (Lipinski definition) is 2. The summed E-state index contributed by atoms with van der Waals surface area (Å²) in [6.45, 7) is 11.7. The van der Waals surface area contributed by atoms with Crippen molar-refractivity contribution in [1.82, 2.24) is 9.78 Å². The van der Waals surface area contributed by atoms with E-state index in [1.54, 1.807) is 6.92 Å². The number of hydrogen-bond donors (Lipinski definition) is 1. The van der Waals surface area contributed by atoms with Crippen LogP contribution in [0.5, 0.6) is 0 Å². The molecule has 0 spiro atoms. The zero-order valence-corrected chi connectivity index (χ0v) is 10.8. The van der Waals surface area contributed by atoms with Gasteiger partial charge in [-0.05, 0) is 41.5 Å². The van der Waals surface area contributed by atoms with Crippen LogP contribution in [0.2, 0.25) is 0 Å². The van der Waals surface area contributed by atoms with E-state index in [9.17, 15) is 4.79 Å². The van der Waals surface area contributed by atoms with Gasteiger partial charge in [-0.2, -0.15) is 5.10 Å². The monoisotopic (exact) mass is 224 g/mol. The predicted octanol–water partition coefficient (Wildman–Crippen LogP) is 2.44. The van der Waals surface area contributed by atoms with Crippen LogP contribution in [0.15, 0.2) is 0 Å². The van der Waals surface area contributed by atoms with Gasteiger partial charge in [0.25, 0.3) is 0 Å². The lowest BCUT2D eigenvalue weighted by atomic mass is 9.99. The molecule has 4 heteroatoms. The van der Waals surface area contributed by atoms with Crippen molar-refractivity contribution in [2.24, 2.45) is 0 Å². The first-order chi connectivity index (χ1) is 7.16. The van der Waals surface area contributed by atoms with Crippen molar-refractivity contribution in [3.63, 3.8) is 0 Å². The van der Waals surface area contributed by atoms with Crippen LogP contribution < -0.4 is 0 Å². The van der Waals surface area contributed by atoms with Crippen molar-refractivity contribution in [3.05, 3.63) is 17.0 Å². The second-order valence-corrected chi connectivity index (χ2v) is 5.23. The smallest absolute Gasteiger partial charge is 0.310 e. The van der Waals surface area contributed by atoms with Gasteiger partial charge in [-0.1, -0.05) is 0 Å². The summed E-state index contributed by atoms with van der Waals surface area (Å²) in [5, 5.41) is 13.5. The zero-order chi connectivity index (χ0) is 12.7. The Balaban J connectivity index is 3.33. The second kappa shape index (κ2) is 3.92. The number of nitrogens with zero attached hydrogens (tertiary/aromatic N) is 2. The van der Waals surface area contributed by atoms with E-state index in [0.717, 1.165) is 17.0 Å². The number of carboxylic acids is 1. The predicted molar refractivity (Wildman–Crippen MR) is 62.7 cm³/mol. The third-order valence-corrected chi connectivity index (χ3v) is 2.79. The van der Waals surface area contributed by atoms with E-state index < -0.39 is 11.9 Å². The average Bonchev–Trinajstić information content (AvgIpc) is 2.40. The fourth-order valence-corrected chi connectivity index (χ4v) is 2.06. The van der Waals surface area contributed by atoms with E-state index >= 15 is 0 Å². The summed E-state index contributed by atoms with van der Waals surface area (Å²) in [5.74, 6) is -1.31. The molecule has 0 saturated heterocycles. The first-order valence-corrected chi connectivity index (χ1v) is 5.45. The van der Waals surface area contributed by atoms with Crippen LogP contribution in [-0.4, -0.2) is 20.9 Å². The lowest BCUT2D eigenvalue weighted by Gasteiger charge is -2.21. The first-order valence-electron chi connectivity index (χ1n) is 5.45. The fourth-order valence-electron chi connectivity index (χ4n) is 2.06. The van der Waals surface area contributed by atoms with Gasteiger partial charge >= 0.3 is 5.97 Å². The summed E-state index contributed by atoms with van der Waals surface area (Å²) in [7, 11) is 0.